The minimum Gasteiger partial charge on any atom is -0.363 e. The fourth-order valence-corrected chi connectivity index (χ4v) is 1.04. The topological polar surface area (TPSA) is 107 Å². The van der Waals surface area contributed by atoms with Gasteiger partial charge in [0.1, 0.15) is 17.8 Å². The Kier molecular flexibility index (Phi) is 2.57. The van der Waals surface area contributed by atoms with Crippen molar-refractivity contribution < 1.29 is 10.2 Å². The van der Waals surface area contributed by atoms with Crippen LogP contribution in [0, 0.1) is 0 Å². The number of aromatic amines is 1. The van der Waals surface area contributed by atoms with Gasteiger partial charge in [-0.15, -0.1) is 0 Å². The van der Waals surface area contributed by atoms with Gasteiger partial charge >= 0.3 is 0 Å². The van der Waals surface area contributed by atoms with Crippen molar-refractivity contribution in [2.24, 2.45) is 0 Å². The second-order valence-electron chi connectivity index (χ2n) is 2.79. The number of nitrogens with zero attached hydrogens (tertiary/aromatic N) is 3. The third kappa shape index (κ3) is 2.27. The molecule has 0 atom stereocenters. The molecule has 0 saturated heterocycles. The first-order valence-corrected chi connectivity index (χ1v) is 4.20. The summed E-state index contributed by atoms with van der Waals surface area (Å²) in [4.78, 5) is 7.59. The summed E-state index contributed by atoms with van der Waals surface area (Å²) in [5.41, 5.74) is 0.128. The summed E-state index contributed by atoms with van der Waals surface area (Å²) >= 11 is 0. The molecule has 0 radical (unpaired) electrons. The van der Waals surface area contributed by atoms with Crippen molar-refractivity contribution in [1.82, 2.24) is 20.2 Å². The van der Waals surface area contributed by atoms with Gasteiger partial charge in [-0.2, -0.15) is 5.10 Å². The third-order valence-corrected chi connectivity index (χ3v) is 1.71. The van der Waals surface area contributed by atoms with E-state index < -0.39 is 6.29 Å². The van der Waals surface area contributed by atoms with E-state index in [1.165, 1.54) is 12.4 Å². The van der Waals surface area contributed by atoms with Crippen LogP contribution in [0.1, 0.15) is 12.0 Å². The highest BCUT2D eigenvalue weighted by Crippen LogP contribution is 2.13. The Morgan fingerprint density at radius 1 is 1.27 bits per heavy atom. The Hall–Kier alpha value is -1.99. The van der Waals surface area contributed by atoms with Gasteiger partial charge < -0.3 is 15.5 Å². The number of aliphatic hydroxyl groups is 2. The van der Waals surface area contributed by atoms with Crippen molar-refractivity contribution >= 4 is 11.6 Å². The molecule has 2 aromatic heterocycles. The van der Waals surface area contributed by atoms with Crippen LogP contribution in [-0.4, -0.2) is 30.4 Å². The standard InChI is InChI=1S/C8H9N5O2/c14-8(15)5-3-7(10-4-9-5)12-6-1-2-11-13-6/h1-4,8,14-15H,(H2,9,10,11,12,13). The number of aliphatic hydroxyl groups excluding tert-OH is 1. The lowest BCUT2D eigenvalue weighted by Gasteiger charge is -2.05. The number of anilines is 2. The Labute approximate surface area is 84.8 Å². The molecule has 0 aliphatic rings. The van der Waals surface area contributed by atoms with E-state index in [2.05, 4.69) is 25.5 Å². The summed E-state index contributed by atoms with van der Waals surface area (Å²) < 4.78 is 0. The molecule has 7 heteroatoms. The molecule has 15 heavy (non-hydrogen) atoms. The lowest BCUT2D eigenvalue weighted by atomic mass is 10.4. The summed E-state index contributed by atoms with van der Waals surface area (Å²) in [6.45, 7) is 0. The number of rotatable bonds is 3. The number of hydrogen-bond acceptors (Lipinski definition) is 6. The highest BCUT2D eigenvalue weighted by molar-refractivity contribution is 5.50. The normalized spacial score (nSPS) is 10.6. The molecule has 0 amide bonds. The third-order valence-electron chi connectivity index (χ3n) is 1.71. The van der Waals surface area contributed by atoms with E-state index in [0.29, 0.717) is 11.6 Å². The first kappa shape index (κ1) is 9.56. The van der Waals surface area contributed by atoms with Crippen LogP contribution in [0.4, 0.5) is 11.6 Å². The number of H-pyrrole nitrogens is 1. The van der Waals surface area contributed by atoms with Crippen LogP contribution in [0.2, 0.25) is 0 Å². The maximum atomic E-state index is 8.89. The van der Waals surface area contributed by atoms with Gasteiger partial charge in [0, 0.05) is 18.3 Å². The second kappa shape index (κ2) is 4.03. The zero-order valence-electron chi connectivity index (χ0n) is 7.62. The molecule has 2 rings (SSSR count). The lowest BCUT2D eigenvalue weighted by molar-refractivity contribution is -0.0458. The predicted octanol–water partition coefficient (Wildman–Crippen LogP) is -0.0735. The van der Waals surface area contributed by atoms with Crippen molar-refractivity contribution in [3.05, 3.63) is 30.4 Å². The molecule has 7 nitrogen and oxygen atoms in total. The van der Waals surface area contributed by atoms with E-state index in [1.54, 1.807) is 12.3 Å². The number of aromatic nitrogens is 4. The van der Waals surface area contributed by atoms with Crippen LogP contribution in [0.3, 0.4) is 0 Å². The minimum atomic E-state index is -1.60. The Bertz CT molecular complexity index is 428. The molecule has 4 N–H and O–H groups in total. The molecule has 0 aliphatic carbocycles. The van der Waals surface area contributed by atoms with E-state index in [-0.39, 0.29) is 5.69 Å². The monoisotopic (exact) mass is 207 g/mol. The maximum Gasteiger partial charge on any atom is 0.196 e. The van der Waals surface area contributed by atoms with Crippen molar-refractivity contribution in [2.75, 3.05) is 5.32 Å². The first-order chi connectivity index (χ1) is 7.25. The predicted molar refractivity (Wildman–Crippen MR) is 51.1 cm³/mol. The molecule has 78 valence electrons. The Balaban J connectivity index is 2.18. The molecule has 0 unspecified atom stereocenters. The fraction of sp³-hybridized carbons (Fsp3) is 0.125. The van der Waals surface area contributed by atoms with E-state index in [9.17, 15) is 0 Å². The average molecular weight is 207 g/mol. The SMILES string of the molecule is OC(O)c1cc(Nc2cc[nH]n2)ncn1. The summed E-state index contributed by atoms with van der Waals surface area (Å²) in [5, 5.41) is 27.1. The van der Waals surface area contributed by atoms with Crippen molar-refractivity contribution in [3.8, 4) is 0 Å². The highest BCUT2D eigenvalue weighted by Gasteiger charge is 2.06. The van der Waals surface area contributed by atoms with Gasteiger partial charge in [0.25, 0.3) is 0 Å². The summed E-state index contributed by atoms with van der Waals surface area (Å²) in [6, 6.07) is 3.15. The molecule has 0 saturated carbocycles. The van der Waals surface area contributed by atoms with E-state index >= 15 is 0 Å². The first-order valence-electron chi connectivity index (χ1n) is 4.20. The smallest absolute Gasteiger partial charge is 0.196 e. The summed E-state index contributed by atoms with van der Waals surface area (Å²) in [7, 11) is 0. The van der Waals surface area contributed by atoms with E-state index in [0.717, 1.165) is 0 Å². The zero-order valence-corrected chi connectivity index (χ0v) is 7.62. The van der Waals surface area contributed by atoms with Crippen molar-refractivity contribution in [3.63, 3.8) is 0 Å². The molecule has 0 fully saturated rings. The quantitative estimate of drug-likeness (QED) is 0.525. The van der Waals surface area contributed by atoms with Crippen LogP contribution < -0.4 is 5.32 Å². The van der Waals surface area contributed by atoms with Gasteiger partial charge in [0.05, 0.1) is 0 Å². The molecule has 0 spiro atoms. The molecule has 0 bridgehead atoms. The average Bonchev–Trinajstić information content (AvgIpc) is 2.71. The minimum absolute atomic E-state index is 0.128. The van der Waals surface area contributed by atoms with E-state index in [1.807, 2.05) is 0 Å². The Morgan fingerprint density at radius 2 is 2.13 bits per heavy atom. The molecule has 2 aromatic rings. The van der Waals surface area contributed by atoms with Gasteiger partial charge in [0.15, 0.2) is 12.1 Å². The van der Waals surface area contributed by atoms with Crippen LogP contribution in [-0.2, 0) is 0 Å². The number of nitrogens with one attached hydrogen (secondary N) is 2. The molecular formula is C8H9N5O2. The highest BCUT2D eigenvalue weighted by atomic mass is 16.5. The number of hydrogen-bond donors (Lipinski definition) is 4. The van der Waals surface area contributed by atoms with E-state index in [4.69, 9.17) is 10.2 Å². The van der Waals surface area contributed by atoms with Crippen LogP contribution in [0.5, 0.6) is 0 Å². The summed E-state index contributed by atoms with van der Waals surface area (Å²) in [6.07, 6.45) is 1.29. The van der Waals surface area contributed by atoms with Crippen LogP contribution in [0.15, 0.2) is 24.7 Å². The molecule has 0 aliphatic heterocycles. The van der Waals surface area contributed by atoms with Gasteiger partial charge in [0.2, 0.25) is 0 Å². The summed E-state index contributed by atoms with van der Waals surface area (Å²) in [5.74, 6) is 1.03. The van der Waals surface area contributed by atoms with Gasteiger partial charge in [-0.3, -0.25) is 5.10 Å². The van der Waals surface area contributed by atoms with Crippen LogP contribution >= 0.6 is 0 Å². The fourth-order valence-electron chi connectivity index (χ4n) is 1.04. The molecular weight excluding hydrogens is 198 g/mol. The molecule has 2 heterocycles. The van der Waals surface area contributed by atoms with Crippen molar-refractivity contribution in [2.45, 2.75) is 6.29 Å². The second-order valence-corrected chi connectivity index (χ2v) is 2.79. The van der Waals surface area contributed by atoms with Crippen LogP contribution in [0.25, 0.3) is 0 Å². The zero-order chi connectivity index (χ0) is 10.7. The van der Waals surface area contributed by atoms with Crippen molar-refractivity contribution in [1.29, 1.82) is 0 Å². The Morgan fingerprint density at radius 3 is 2.80 bits per heavy atom. The molecule has 0 aromatic carbocycles. The lowest BCUT2D eigenvalue weighted by Crippen LogP contribution is -2.02. The largest absolute Gasteiger partial charge is 0.363 e. The van der Waals surface area contributed by atoms with Gasteiger partial charge in [-0.25, -0.2) is 9.97 Å². The maximum absolute atomic E-state index is 8.89. The van der Waals surface area contributed by atoms with Gasteiger partial charge in [-0.05, 0) is 0 Å². The van der Waals surface area contributed by atoms with Gasteiger partial charge in [-0.1, -0.05) is 0 Å².